The van der Waals surface area contributed by atoms with E-state index in [1.807, 2.05) is 6.07 Å². The van der Waals surface area contributed by atoms with Crippen molar-refractivity contribution in [2.24, 2.45) is 0 Å². The van der Waals surface area contributed by atoms with Crippen LogP contribution in [0.5, 0.6) is 0 Å². The lowest BCUT2D eigenvalue weighted by atomic mass is 10.2. The highest BCUT2D eigenvalue weighted by molar-refractivity contribution is 14.1. The van der Waals surface area contributed by atoms with Crippen LogP contribution in [0, 0.1) is 3.57 Å². The monoisotopic (exact) mass is 543 g/mol. The zero-order valence-electron chi connectivity index (χ0n) is 14.1. The number of carbonyl (C=O) groups is 1. The maximum absolute atomic E-state index is 12.0. The number of hydrogen-bond donors (Lipinski definition) is 2. The van der Waals surface area contributed by atoms with Gasteiger partial charge in [0.15, 0.2) is 5.11 Å². The van der Waals surface area contributed by atoms with Crippen molar-refractivity contribution in [2.45, 2.75) is 0 Å². The third kappa shape index (κ3) is 6.03. The van der Waals surface area contributed by atoms with Crippen LogP contribution in [0.2, 0.25) is 10.0 Å². The first-order valence-electron chi connectivity index (χ1n) is 7.87. The minimum Gasteiger partial charge on any atom is -0.457 e. The van der Waals surface area contributed by atoms with Crippen LogP contribution in [-0.2, 0) is 4.79 Å². The average Bonchev–Trinajstić information content (AvgIpc) is 3.10. The smallest absolute Gasteiger partial charge is 0.250 e. The summed E-state index contributed by atoms with van der Waals surface area (Å²) >= 11 is 19.3. The molecule has 0 fully saturated rings. The molecule has 3 rings (SSSR count). The number of pyridine rings is 1. The van der Waals surface area contributed by atoms with Gasteiger partial charge in [-0.15, -0.1) is 0 Å². The molecule has 0 bridgehead atoms. The first-order chi connectivity index (χ1) is 13.4. The lowest BCUT2D eigenvalue weighted by molar-refractivity contribution is -0.115. The van der Waals surface area contributed by atoms with E-state index in [0.29, 0.717) is 27.4 Å². The van der Waals surface area contributed by atoms with Gasteiger partial charge in [0.05, 0.1) is 0 Å². The van der Waals surface area contributed by atoms with Gasteiger partial charge in [0.1, 0.15) is 17.3 Å². The minimum atomic E-state index is -0.397. The molecule has 0 aliphatic carbocycles. The van der Waals surface area contributed by atoms with E-state index in [4.69, 9.17) is 39.8 Å². The topological polar surface area (TPSA) is 67.2 Å². The van der Waals surface area contributed by atoms with E-state index in [0.717, 1.165) is 9.13 Å². The van der Waals surface area contributed by atoms with Crippen molar-refractivity contribution in [1.29, 1.82) is 0 Å². The fourth-order valence-corrected chi connectivity index (χ4v) is 3.25. The number of hydrogen-bond acceptors (Lipinski definition) is 4. The third-order valence-corrected chi connectivity index (χ3v) is 4.66. The van der Waals surface area contributed by atoms with Crippen molar-refractivity contribution in [3.05, 3.63) is 74.1 Å². The molecule has 1 aromatic carbocycles. The van der Waals surface area contributed by atoms with Crippen LogP contribution < -0.4 is 10.6 Å². The second-order valence-corrected chi connectivity index (χ2v) is 8.03. The van der Waals surface area contributed by atoms with E-state index in [9.17, 15) is 4.79 Å². The van der Waals surface area contributed by atoms with E-state index >= 15 is 0 Å². The maximum Gasteiger partial charge on any atom is 0.250 e. The molecule has 0 saturated heterocycles. The highest BCUT2D eigenvalue weighted by Gasteiger charge is 2.07. The van der Waals surface area contributed by atoms with Gasteiger partial charge in [-0.3, -0.25) is 10.1 Å². The van der Waals surface area contributed by atoms with Crippen LogP contribution in [0.15, 0.2) is 59.2 Å². The van der Waals surface area contributed by atoms with Crippen molar-refractivity contribution in [1.82, 2.24) is 10.3 Å². The molecular formula is C19H12Cl2IN3O2S. The Labute approximate surface area is 190 Å². The Morgan fingerprint density at radius 3 is 2.57 bits per heavy atom. The molecule has 0 spiro atoms. The molecule has 3 aromatic rings. The molecule has 2 heterocycles. The molecule has 2 N–H and O–H groups in total. The van der Waals surface area contributed by atoms with E-state index in [2.05, 4.69) is 38.2 Å². The first kappa shape index (κ1) is 20.8. The molecule has 5 nitrogen and oxygen atoms in total. The predicted octanol–water partition coefficient (Wildman–Crippen LogP) is 5.78. The van der Waals surface area contributed by atoms with Gasteiger partial charge in [0, 0.05) is 31.5 Å². The standard InChI is InChI=1S/C19H12Cl2IN3O2S/c20-12-7-11(8-13(21)9-12)16-4-2-15(27-16)3-6-18(26)25-19(28)24-17-5-1-14(22)10-23-17/h1-10H,(H2,23,24,25,26,28)/b6-3+. The third-order valence-electron chi connectivity index (χ3n) is 3.38. The lowest BCUT2D eigenvalue weighted by Crippen LogP contribution is -2.33. The molecule has 0 aliphatic rings. The van der Waals surface area contributed by atoms with Gasteiger partial charge in [0.25, 0.3) is 0 Å². The lowest BCUT2D eigenvalue weighted by Gasteiger charge is -2.06. The number of rotatable bonds is 4. The molecule has 1 amide bonds. The van der Waals surface area contributed by atoms with Crippen molar-refractivity contribution in [3.63, 3.8) is 0 Å². The minimum absolute atomic E-state index is 0.150. The van der Waals surface area contributed by atoms with Crippen molar-refractivity contribution >= 4 is 80.9 Å². The molecule has 142 valence electrons. The Morgan fingerprint density at radius 1 is 1.14 bits per heavy atom. The van der Waals surface area contributed by atoms with Gasteiger partial charge >= 0.3 is 0 Å². The van der Waals surface area contributed by atoms with Crippen molar-refractivity contribution in [3.8, 4) is 11.3 Å². The highest BCUT2D eigenvalue weighted by Crippen LogP contribution is 2.28. The quantitative estimate of drug-likeness (QED) is 0.248. The number of amides is 1. The SMILES string of the molecule is O=C(/C=C/c1ccc(-c2cc(Cl)cc(Cl)c2)o1)NC(=S)Nc1ccc(I)cn1. The Bertz CT molecular complexity index is 1030. The summed E-state index contributed by atoms with van der Waals surface area (Å²) in [6.45, 7) is 0. The summed E-state index contributed by atoms with van der Waals surface area (Å²) < 4.78 is 6.70. The van der Waals surface area contributed by atoms with Gasteiger partial charge < -0.3 is 9.73 Å². The summed E-state index contributed by atoms with van der Waals surface area (Å²) in [5, 5.41) is 6.56. The molecule has 0 radical (unpaired) electrons. The molecule has 9 heteroatoms. The van der Waals surface area contributed by atoms with E-state index in [1.54, 1.807) is 42.6 Å². The Hall–Kier alpha value is -1.94. The van der Waals surface area contributed by atoms with Gasteiger partial charge in [0.2, 0.25) is 5.91 Å². The Kier molecular flexibility index (Phi) is 7.06. The molecule has 0 saturated carbocycles. The number of carbonyl (C=O) groups excluding carboxylic acids is 1. The van der Waals surface area contributed by atoms with Crippen LogP contribution in [0.25, 0.3) is 17.4 Å². The number of nitrogens with zero attached hydrogens (tertiary/aromatic N) is 1. The summed E-state index contributed by atoms with van der Waals surface area (Å²) in [6.07, 6.45) is 4.55. The number of anilines is 1. The average molecular weight is 544 g/mol. The number of furan rings is 1. The number of benzene rings is 1. The second-order valence-electron chi connectivity index (χ2n) is 5.50. The fourth-order valence-electron chi connectivity index (χ4n) is 2.20. The Morgan fingerprint density at radius 2 is 1.89 bits per heavy atom. The number of aromatic nitrogens is 1. The highest BCUT2D eigenvalue weighted by atomic mass is 127. The molecule has 2 aromatic heterocycles. The van der Waals surface area contributed by atoms with E-state index in [-0.39, 0.29) is 5.11 Å². The number of halogens is 3. The van der Waals surface area contributed by atoms with Crippen LogP contribution in [0.3, 0.4) is 0 Å². The number of thiocarbonyl (C=S) groups is 1. The fraction of sp³-hybridized carbons (Fsp3) is 0. The molecule has 0 unspecified atom stereocenters. The summed E-state index contributed by atoms with van der Waals surface area (Å²) in [7, 11) is 0. The van der Waals surface area contributed by atoms with E-state index in [1.165, 1.54) is 12.2 Å². The normalized spacial score (nSPS) is 10.8. The van der Waals surface area contributed by atoms with Gasteiger partial charge in [-0.25, -0.2) is 4.98 Å². The molecular weight excluding hydrogens is 532 g/mol. The van der Waals surface area contributed by atoms with Crippen molar-refractivity contribution in [2.75, 3.05) is 5.32 Å². The van der Waals surface area contributed by atoms with Crippen LogP contribution in [0.4, 0.5) is 5.82 Å². The summed E-state index contributed by atoms with van der Waals surface area (Å²) in [5.74, 6) is 1.24. The van der Waals surface area contributed by atoms with Gasteiger partial charge in [-0.2, -0.15) is 0 Å². The first-order valence-corrected chi connectivity index (χ1v) is 10.1. The van der Waals surface area contributed by atoms with Crippen LogP contribution >= 0.6 is 58.0 Å². The van der Waals surface area contributed by atoms with E-state index < -0.39 is 5.91 Å². The Balaban J connectivity index is 1.59. The maximum atomic E-state index is 12.0. The zero-order valence-corrected chi connectivity index (χ0v) is 18.6. The summed E-state index contributed by atoms with van der Waals surface area (Å²) in [6, 6.07) is 12.3. The number of nitrogens with one attached hydrogen (secondary N) is 2. The molecule has 28 heavy (non-hydrogen) atoms. The summed E-state index contributed by atoms with van der Waals surface area (Å²) in [5.41, 5.74) is 0.747. The molecule has 0 aliphatic heterocycles. The largest absolute Gasteiger partial charge is 0.457 e. The zero-order chi connectivity index (χ0) is 20.1. The van der Waals surface area contributed by atoms with Crippen LogP contribution in [0.1, 0.15) is 5.76 Å². The van der Waals surface area contributed by atoms with Crippen molar-refractivity contribution < 1.29 is 9.21 Å². The predicted molar refractivity (Wildman–Crippen MR) is 125 cm³/mol. The van der Waals surface area contributed by atoms with Gasteiger partial charge in [-0.1, -0.05) is 23.2 Å². The second kappa shape index (κ2) is 9.51. The van der Waals surface area contributed by atoms with Crippen LogP contribution in [-0.4, -0.2) is 16.0 Å². The van der Waals surface area contributed by atoms with Gasteiger partial charge in [-0.05, 0) is 83.3 Å². The molecule has 0 atom stereocenters. The summed E-state index contributed by atoms with van der Waals surface area (Å²) in [4.78, 5) is 16.2.